The molecule has 8 nitrogen and oxygen atoms in total. The van der Waals surface area contributed by atoms with E-state index in [1.54, 1.807) is 6.92 Å². The highest BCUT2D eigenvalue weighted by atomic mass is 32.2. The minimum atomic E-state index is -3.77. The Balaban J connectivity index is 2.74. The smallest absolute Gasteiger partial charge is 0.305 e. The summed E-state index contributed by atoms with van der Waals surface area (Å²) in [5.74, 6) is -1.76. The number of amides is 1. The molecule has 9 heteroatoms. The molecule has 0 fully saturated rings. The number of carbonyl (C=O) groups is 2. The van der Waals surface area contributed by atoms with E-state index in [2.05, 4.69) is 5.32 Å². The molecule has 116 valence electrons. The molecule has 1 aromatic rings. The van der Waals surface area contributed by atoms with Gasteiger partial charge in [-0.2, -0.15) is 0 Å². The molecule has 1 amide bonds. The van der Waals surface area contributed by atoms with Crippen LogP contribution in [0.5, 0.6) is 0 Å². The highest BCUT2D eigenvalue weighted by Crippen LogP contribution is 2.15. The maximum Gasteiger partial charge on any atom is 0.305 e. The Morgan fingerprint density at radius 2 is 1.81 bits per heavy atom. The second-order valence-electron chi connectivity index (χ2n) is 4.55. The number of primary sulfonamides is 1. The predicted octanol–water partition coefficient (Wildman–Crippen LogP) is -0.687. The molecule has 0 aliphatic rings. The molecule has 0 bridgehead atoms. The van der Waals surface area contributed by atoms with E-state index in [-0.39, 0.29) is 4.90 Å². The first-order valence-corrected chi connectivity index (χ1v) is 7.56. The summed E-state index contributed by atoms with van der Waals surface area (Å²) >= 11 is 0. The van der Waals surface area contributed by atoms with Crippen LogP contribution in [-0.2, 0) is 19.6 Å². The number of carbonyl (C=O) groups excluding carboxylic acids is 1. The van der Waals surface area contributed by atoms with Crippen molar-refractivity contribution in [2.24, 2.45) is 10.9 Å². The van der Waals surface area contributed by atoms with Crippen LogP contribution in [0.3, 0.4) is 0 Å². The zero-order valence-electron chi connectivity index (χ0n) is 11.3. The molecule has 0 spiro atoms. The molecule has 1 aromatic carbocycles. The van der Waals surface area contributed by atoms with E-state index in [1.807, 2.05) is 0 Å². The summed E-state index contributed by atoms with van der Waals surface area (Å²) in [6, 6.07) is 4.07. The van der Waals surface area contributed by atoms with Gasteiger partial charge in [0.15, 0.2) is 0 Å². The van der Waals surface area contributed by atoms with Gasteiger partial charge < -0.3 is 16.2 Å². The van der Waals surface area contributed by atoms with Crippen LogP contribution in [0.1, 0.15) is 24.9 Å². The second-order valence-corrected chi connectivity index (χ2v) is 6.11. The highest BCUT2D eigenvalue weighted by molar-refractivity contribution is 7.89. The van der Waals surface area contributed by atoms with E-state index >= 15 is 0 Å². The summed E-state index contributed by atoms with van der Waals surface area (Å²) in [4.78, 5) is 22.1. The summed E-state index contributed by atoms with van der Waals surface area (Å²) in [5.41, 5.74) is 6.07. The number of rotatable bonds is 6. The third-order valence-corrected chi connectivity index (χ3v) is 3.73. The van der Waals surface area contributed by atoms with E-state index in [0.717, 1.165) is 0 Å². The number of hydrogen-bond acceptors (Lipinski definition) is 5. The fourth-order valence-corrected chi connectivity index (χ4v) is 2.15. The third kappa shape index (κ3) is 5.14. The third-order valence-electron chi connectivity index (χ3n) is 2.80. The Hall–Kier alpha value is -1.97. The molecule has 2 atom stereocenters. The molecule has 0 saturated carbocycles. The normalized spacial score (nSPS) is 14.2. The number of aliphatic carboxylic acids is 1. The van der Waals surface area contributed by atoms with E-state index < -0.39 is 40.4 Å². The fraction of sp³-hybridized carbons (Fsp3) is 0.333. The van der Waals surface area contributed by atoms with Gasteiger partial charge in [-0.05, 0) is 24.6 Å². The van der Waals surface area contributed by atoms with Gasteiger partial charge in [-0.1, -0.05) is 12.1 Å². The van der Waals surface area contributed by atoms with E-state index in [0.29, 0.717) is 5.56 Å². The molecule has 6 N–H and O–H groups in total. The first kappa shape index (κ1) is 17.1. The van der Waals surface area contributed by atoms with Gasteiger partial charge in [0.25, 0.3) is 0 Å². The molecule has 0 aromatic heterocycles. The highest BCUT2D eigenvalue weighted by Gasteiger charge is 2.19. The van der Waals surface area contributed by atoms with Gasteiger partial charge in [0.2, 0.25) is 15.9 Å². The van der Waals surface area contributed by atoms with Crippen molar-refractivity contribution in [1.29, 1.82) is 0 Å². The van der Waals surface area contributed by atoms with Crippen molar-refractivity contribution in [3.8, 4) is 0 Å². The van der Waals surface area contributed by atoms with E-state index in [4.69, 9.17) is 16.0 Å². The molecule has 2 unspecified atom stereocenters. The average Bonchev–Trinajstić information content (AvgIpc) is 2.36. The summed E-state index contributed by atoms with van der Waals surface area (Å²) in [5, 5.41) is 16.1. The van der Waals surface area contributed by atoms with Crippen LogP contribution < -0.4 is 16.2 Å². The first-order valence-electron chi connectivity index (χ1n) is 6.01. The molecule has 0 aliphatic carbocycles. The maximum absolute atomic E-state index is 11.7. The minimum absolute atomic E-state index is 0.0349. The lowest BCUT2D eigenvalue weighted by Crippen LogP contribution is -2.42. The first-order chi connectivity index (χ1) is 9.61. The molecular weight excluding hydrogens is 298 g/mol. The Labute approximate surface area is 122 Å². The Bertz CT molecular complexity index is 627. The van der Waals surface area contributed by atoms with Crippen LogP contribution in [0.25, 0.3) is 0 Å². The Kier molecular flexibility index (Phi) is 5.41. The van der Waals surface area contributed by atoms with Crippen molar-refractivity contribution in [2.45, 2.75) is 30.3 Å². The van der Waals surface area contributed by atoms with Crippen molar-refractivity contribution in [3.05, 3.63) is 29.8 Å². The van der Waals surface area contributed by atoms with Gasteiger partial charge in [0.05, 0.1) is 23.4 Å². The maximum atomic E-state index is 11.7. The van der Waals surface area contributed by atoms with Crippen LogP contribution in [0.15, 0.2) is 29.2 Å². The second kappa shape index (κ2) is 6.66. The lowest BCUT2D eigenvalue weighted by molar-refractivity contribution is -0.139. The lowest BCUT2D eigenvalue weighted by Gasteiger charge is -2.17. The molecule has 0 heterocycles. The van der Waals surface area contributed by atoms with Crippen molar-refractivity contribution >= 4 is 21.9 Å². The van der Waals surface area contributed by atoms with Gasteiger partial charge >= 0.3 is 5.97 Å². The topological polar surface area (TPSA) is 153 Å². The SMILES string of the molecule is CC(NC(=O)C(N)CC(=O)O)c1ccc(S(N)(=O)=O)cc1. The summed E-state index contributed by atoms with van der Waals surface area (Å²) in [6.45, 7) is 1.66. The number of benzene rings is 1. The quantitative estimate of drug-likeness (QED) is 0.545. The van der Waals surface area contributed by atoms with Gasteiger partial charge in [-0.3, -0.25) is 9.59 Å². The summed E-state index contributed by atoms with van der Waals surface area (Å²) < 4.78 is 22.2. The zero-order valence-corrected chi connectivity index (χ0v) is 12.1. The fourth-order valence-electron chi connectivity index (χ4n) is 1.63. The molecular formula is C12H17N3O5S. The number of carboxylic acids is 1. The van der Waals surface area contributed by atoms with Crippen molar-refractivity contribution in [3.63, 3.8) is 0 Å². The number of sulfonamides is 1. The van der Waals surface area contributed by atoms with Crippen molar-refractivity contribution in [1.82, 2.24) is 5.32 Å². The van der Waals surface area contributed by atoms with Crippen LogP contribution >= 0.6 is 0 Å². The number of nitrogens with two attached hydrogens (primary N) is 2. The molecule has 0 saturated heterocycles. The molecule has 0 aliphatic heterocycles. The molecule has 1 rings (SSSR count). The standard InChI is InChI=1S/C12H17N3O5S/c1-7(15-12(18)10(13)6-11(16)17)8-2-4-9(5-3-8)21(14,19)20/h2-5,7,10H,6,13H2,1H3,(H,15,18)(H,16,17)(H2,14,19,20). The number of carboxylic acid groups (broad SMARTS) is 1. The number of nitrogens with one attached hydrogen (secondary N) is 1. The van der Waals surface area contributed by atoms with Gasteiger partial charge in [0, 0.05) is 0 Å². The largest absolute Gasteiger partial charge is 0.481 e. The van der Waals surface area contributed by atoms with E-state index in [1.165, 1.54) is 24.3 Å². The Morgan fingerprint density at radius 1 is 1.29 bits per heavy atom. The van der Waals surface area contributed by atoms with Crippen molar-refractivity contribution < 1.29 is 23.1 Å². The number of hydrogen-bond donors (Lipinski definition) is 4. The van der Waals surface area contributed by atoms with Crippen LogP contribution in [0.2, 0.25) is 0 Å². The van der Waals surface area contributed by atoms with Crippen LogP contribution in [0, 0.1) is 0 Å². The predicted molar refractivity (Wildman–Crippen MR) is 74.6 cm³/mol. The summed E-state index contributed by atoms with van der Waals surface area (Å²) in [7, 11) is -3.77. The minimum Gasteiger partial charge on any atom is -0.481 e. The monoisotopic (exact) mass is 315 g/mol. The van der Waals surface area contributed by atoms with Crippen molar-refractivity contribution in [2.75, 3.05) is 0 Å². The van der Waals surface area contributed by atoms with Gasteiger partial charge in [0.1, 0.15) is 0 Å². The lowest BCUT2D eigenvalue weighted by atomic mass is 10.1. The Morgan fingerprint density at radius 3 is 2.24 bits per heavy atom. The molecule has 21 heavy (non-hydrogen) atoms. The van der Waals surface area contributed by atoms with E-state index in [9.17, 15) is 18.0 Å². The van der Waals surface area contributed by atoms with Crippen LogP contribution in [-0.4, -0.2) is 31.4 Å². The average molecular weight is 315 g/mol. The van der Waals surface area contributed by atoms with Crippen LogP contribution in [0.4, 0.5) is 0 Å². The van der Waals surface area contributed by atoms with Gasteiger partial charge in [-0.15, -0.1) is 0 Å². The summed E-state index contributed by atoms with van der Waals surface area (Å²) in [6.07, 6.45) is -0.469. The van der Waals surface area contributed by atoms with Gasteiger partial charge in [-0.25, -0.2) is 13.6 Å². The zero-order chi connectivity index (χ0) is 16.2. The molecule has 0 radical (unpaired) electrons.